The van der Waals surface area contributed by atoms with Crippen LogP contribution in [0.25, 0.3) is 22.2 Å². The molecule has 0 spiro atoms. The second-order valence-electron chi connectivity index (χ2n) is 12.7. The molecule has 2 unspecified atom stereocenters. The fourth-order valence-corrected chi connectivity index (χ4v) is 7.56. The zero-order chi connectivity index (χ0) is 32.3. The maximum atomic E-state index is 16.7. The molecule has 1 aromatic carbocycles. The number of carbonyl (C=O) groups is 1. The van der Waals surface area contributed by atoms with Crippen molar-refractivity contribution in [1.29, 1.82) is 10.5 Å². The molecule has 9 nitrogen and oxygen atoms in total. The van der Waals surface area contributed by atoms with Crippen LogP contribution in [0.3, 0.4) is 0 Å². The Hall–Kier alpha value is -4.68. The molecule has 0 bridgehead atoms. The van der Waals surface area contributed by atoms with E-state index in [4.69, 9.17) is 4.74 Å². The topological polar surface area (TPSA) is 109 Å². The minimum absolute atomic E-state index is 0.0331. The minimum atomic E-state index is -1.13. The smallest absolute Gasteiger partial charge is 0.282 e. The SMILES string of the molecule is C=C(F)C(=O)N1CCN(c2c(C#N)c(OC[C@@H]3C[C@@H](F)CN3C)nc3c(F)c(-c4cccc5c4C4CC4C5)ncc23)C[C@@H]1CC#N. The van der Waals surface area contributed by atoms with Crippen LogP contribution in [0, 0.1) is 34.4 Å². The van der Waals surface area contributed by atoms with E-state index in [0.29, 0.717) is 17.5 Å². The molecule has 2 aromatic heterocycles. The Morgan fingerprint density at radius 1 is 1.20 bits per heavy atom. The molecule has 5 atom stereocenters. The van der Waals surface area contributed by atoms with Gasteiger partial charge in [-0.3, -0.25) is 14.7 Å². The van der Waals surface area contributed by atoms with Crippen LogP contribution in [0.4, 0.5) is 18.9 Å². The summed E-state index contributed by atoms with van der Waals surface area (Å²) in [7, 11) is 1.79. The van der Waals surface area contributed by atoms with Gasteiger partial charge >= 0.3 is 0 Å². The number of likely N-dealkylation sites (tertiary alicyclic amines) is 1. The Kier molecular flexibility index (Phi) is 7.56. The van der Waals surface area contributed by atoms with Crippen LogP contribution in [0.5, 0.6) is 5.88 Å². The van der Waals surface area contributed by atoms with Crippen LogP contribution >= 0.6 is 0 Å². The van der Waals surface area contributed by atoms with Crippen molar-refractivity contribution in [2.45, 2.75) is 49.9 Å². The lowest BCUT2D eigenvalue weighted by Crippen LogP contribution is -2.55. The lowest BCUT2D eigenvalue weighted by atomic mass is 9.96. The van der Waals surface area contributed by atoms with Crippen LogP contribution in [0.1, 0.15) is 41.9 Å². The summed E-state index contributed by atoms with van der Waals surface area (Å²) in [5.41, 5.74) is 3.53. The summed E-state index contributed by atoms with van der Waals surface area (Å²) in [6.07, 6.45) is 2.72. The van der Waals surface area contributed by atoms with Crippen molar-refractivity contribution >= 4 is 22.5 Å². The molecule has 1 amide bonds. The average molecular weight is 628 g/mol. The summed E-state index contributed by atoms with van der Waals surface area (Å²) < 4.78 is 50.8. The van der Waals surface area contributed by atoms with Crippen LogP contribution in [0.2, 0.25) is 0 Å². The molecule has 4 heterocycles. The van der Waals surface area contributed by atoms with E-state index in [1.165, 1.54) is 16.7 Å². The van der Waals surface area contributed by atoms with E-state index in [9.17, 15) is 24.1 Å². The van der Waals surface area contributed by atoms with E-state index in [-0.39, 0.29) is 79.7 Å². The number of hydrogen-bond donors (Lipinski definition) is 0. The number of amides is 1. The highest BCUT2D eigenvalue weighted by molar-refractivity contribution is 5.98. The third-order valence-electron chi connectivity index (χ3n) is 9.92. The van der Waals surface area contributed by atoms with E-state index in [1.807, 2.05) is 23.1 Å². The molecule has 3 fully saturated rings. The molecule has 7 rings (SSSR count). The van der Waals surface area contributed by atoms with E-state index < -0.39 is 29.8 Å². The van der Waals surface area contributed by atoms with Crippen molar-refractivity contribution in [3.8, 4) is 29.3 Å². The highest BCUT2D eigenvalue weighted by Gasteiger charge is 2.46. The second kappa shape index (κ2) is 11.6. The van der Waals surface area contributed by atoms with Gasteiger partial charge in [0.05, 0.1) is 24.2 Å². The van der Waals surface area contributed by atoms with Crippen LogP contribution in [-0.2, 0) is 11.2 Å². The van der Waals surface area contributed by atoms with E-state index >= 15 is 4.39 Å². The third kappa shape index (κ3) is 5.01. The highest BCUT2D eigenvalue weighted by Crippen LogP contribution is 2.58. The van der Waals surface area contributed by atoms with Crippen molar-refractivity contribution in [1.82, 2.24) is 19.8 Å². The van der Waals surface area contributed by atoms with Crippen LogP contribution < -0.4 is 9.64 Å². The molecular formula is C34H32F3N7O2. The van der Waals surface area contributed by atoms with Crippen molar-refractivity contribution in [2.75, 3.05) is 44.7 Å². The van der Waals surface area contributed by atoms with Gasteiger partial charge in [0.2, 0.25) is 5.88 Å². The van der Waals surface area contributed by atoms with E-state index in [2.05, 4.69) is 28.7 Å². The van der Waals surface area contributed by atoms with Gasteiger partial charge < -0.3 is 14.5 Å². The number of alkyl halides is 1. The average Bonchev–Trinajstić information content (AvgIpc) is 3.58. The molecule has 236 valence electrons. The molecule has 0 N–H and O–H groups in total. The molecule has 4 aliphatic rings. The van der Waals surface area contributed by atoms with Crippen LogP contribution in [-0.4, -0.2) is 83.8 Å². The number of nitrogens with zero attached hydrogens (tertiary/aromatic N) is 7. The van der Waals surface area contributed by atoms with E-state index in [0.717, 1.165) is 24.0 Å². The fraction of sp³-hybridized carbons (Fsp3) is 0.441. The Bertz CT molecular complexity index is 1850. The van der Waals surface area contributed by atoms with Gasteiger partial charge in [0.15, 0.2) is 11.6 Å². The molecule has 2 aliphatic carbocycles. The van der Waals surface area contributed by atoms with Gasteiger partial charge in [-0.15, -0.1) is 0 Å². The van der Waals surface area contributed by atoms with Gasteiger partial charge in [0, 0.05) is 49.4 Å². The lowest BCUT2D eigenvalue weighted by molar-refractivity contribution is -0.131. The molecule has 2 saturated heterocycles. The van der Waals surface area contributed by atoms with Gasteiger partial charge in [-0.05, 0) is 49.3 Å². The number of ether oxygens (including phenoxy) is 1. The van der Waals surface area contributed by atoms with Crippen molar-refractivity contribution in [2.24, 2.45) is 5.92 Å². The number of rotatable bonds is 7. The normalized spacial score (nSPS) is 25.1. The first-order valence-corrected chi connectivity index (χ1v) is 15.5. The number of aromatic nitrogens is 2. The van der Waals surface area contributed by atoms with Crippen molar-refractivity contribution in [3.05, 3.63) is 59.3 Å². The Morgan fingerprint density at radius 3 is 2.74 bits per heavy atom. The molecular weight excluding hydrogens is 595 g/mol. The first-order chi connectivity index (χ1) is 22.2. The number of fused-ring (bicyclic) bond motifs is 4. The standard InChI is InChI=1S/C34H32F3N7O2/c1-18(35)34(45)44-9-8-43(16-22(44)6-7-38)32-26(13-39)33(46-17-23-12-21(36)15-42(23)2)41-31-27(32)14-40-30(29(31)37)24-5-3-4-19-10-20-11-25(20)28(19)24/h3-5,14,20-23,25H,1,6,8-12,15-17H2,2H3/t20?,21-,22+,23+,25?/m1/s1. The molecule has 3 aromatic rings. The Balaban J connectivity index is 1.35. The molecule has 1 saturated carbocycles. The van der Waals surface area contributed by atoms with Gasteiger partial charge in [-0.1, -0.05) is 24.8 Å². The largest absolute Gasteiger partial charge is 0.475 e. The summed E-state index contributed by atoms with van der Waals surface area (Å²) in [6.45, 7) is 3.67. The number of benzene rings is 1. The summed E-state index contributed by atoms with van der Waals surface area (Å²) in [4.78, 5) is 26.6. The van der Waals surface area contributed by atoms with Crippen molar-refractivity contribution in [3.63, 3.8) is 0 Å². The fourth-order valence-electron chi connectivity index (χ4n) is 7.56. The van der Waals surface area contributed by atoms with E-state index in [1.54, 1.807) is 11.9 Å². The molecule has 0 radical (unpaired) electrons. The monoisotopic (exact) mass is 627 g/mol. The molecule has 12 heteroatoms. The minimum Gasteiger partial charge on any atom is -0.475 e. The zero-order valence-electron chi connectivity index (χ0n) is 25.3. The summed E-state index contributed by atoms with van der Waals surface area (Å²) in [5, 5.41) is 20.2. The summed E-state index contributed by atoms with van der Waals surface area (Å²) in [6, 6.07) is 9.11. The molecule has 2 aliphatic heterocycles. The number of piperazine rings is 1. The lowest BCUT2D eigenvalue weighted by Gasteiger charge is -2.42. The zero-order valence-corrected chi connectivity index (χ0v) is 25.3. The maximum Gasteiger partial charge on any atom is 0.282 e. The first kappa shape index (κ1) is 30.0. The summed E-state index contributed by atoms with van der Waals surface area (Å²) >= 11 is 0. The van der Waals surface area contributed by atoms with Crippen LogP contribution in [0.15, 0.2) is 36.8 Å². The van der Waals surface area contributed by atoms with Crippen molar-refractivity contribution < 1.29 is 22.7 Å². The summed E-state index contributed by atoms with van der Waals surface area (Å²) in [5.74, 6) is -1.79. The number of hydrogen-bond acceptors (Lipinski definition) is 8. The molecule has 46 heavy (non-hydrogen) atoms. The van der Waals surface area contributed by atoms with Gasteiger partial charge in [-0.25, -0.2) is 18.2 Å². The highest BCUT2D eigenvalue weighted by atomic mass is 19.1. The third-order valence-corrected chi connectivity index (χ3v) is 9.92. The Morgan fingerprint density at radius 2 is 2.02 bits per heavy atom. The number of pyridine rings is 2. The maximum absolute atomic E-state index is 16.7. The quantitative estimate of drug-likeness (QED) is 0.344. The van der Waals surface area contributed by atoms with Gasteiger partial charge in [-0.2, -0.15) is 10.5 Å². The number of halogens is 3. The number of likely N-dealkylation sites (N-methyl/N-ethyl adjacent to an activating group) is 1. The number of nitriles is 2. The number of anilines is 1. The first-order valence-electron chi connectivity index (χ1n) is 15.5. The second-order valence-corrected chi connectivity index (χ2v) is 12.7. The predicted molar refractivity (Wildman–Crippen MR) is 164 cm³/mol. The number of carbonyl (C=O) groups excluding carboxylic acids is 1. The Labute approximate surface area is 264 Å². The van der Waals surface area contributed by atoms with Gasteiger partial charge in [0.1, 0.15) is 35.6 Å². The predicted octanol–water partition coefficient (Wildman–Crippen LogP) is 4.80. The van der Waals surface area contributed by atoms with Gasteiger partial charge in [0.25, 0.3) is 5.91 Å².